The number of nitrogens with zero attached hydrogens (tertiary/aromatic N) is 3. The number of benzene rings is 1. The van der Waals surface area contributed by atoms with E-state index in [0.29, 0.717) is 13.2 Å². The summed E-state index contributed by atoms with van der Waals surface area (Å²) in [6, 6.07) is 13.9. The summed E-state index contributed by atoms with van der Waals surface area (Å²) >= 11 is 1.67. The highest BCUT2D eigenvalue weighted by molar-refractivity contribution is 7.13. The third kappa shape index (κ3) is 3.35. The molecule has 3 rings (SSSR count). The first-order valence-electron chi connectivity index (χ1n) is 7.22. The van der Waals surface area contributed by atoms with Crippen LogP contribution < -0.4 is 10.5 Å². The fourth-order valence-electron chi connectivity index (χ4n) is 2.25. The van der Waals surface area contributed by atoms with E-state index in [1.807, 2.05) is 46.5 Å². The zero-order valence-electron chi connectivity index (χ0n) is 12.2. The highest BCUT2D eigenvalue weighted by atomic mass is 32.1. The third-order valence-corrected chi connectivity index (χ3v) is 4.16. The van der Waals surface area contributed by atoms with E-state index in [2.05, 4.69) is 16.4 Å². The molecule has 114 valence electrons. The molecule has 0 aliphatic carbocycles. The Balaban J connectivity index is 1.62. The minimum Gasteiger partial charge on any atom is -0.494 e. The van der Waals surface area contributed by atoms with Gasteiger partial charge in [0.15, 0.2) is 0 Å². The number of aryl methyl sites for hydroxylation is 1. The number of nitrogens with two attached hydrogens (primary N) is 1. The van der Waals surface area contributed by atoms with Crippen molar-refractivity contribution in [2.45, 2.75) is 19.5 Å². The molecule has 6 heteroatoms. The molecular weight excluding hydrogens is 296 g/mol. The van der Waals surface area contributed by atoms with Gasteiger partial charge in [0.05, 0.1) is 11.5 Å². The van der Waals surface area contributed by atoms with Gasteiger partial charge >= 0.3 is 0 Å². The first kappa shape index (κ1) is 14.7. The Morgan fingerprint density at radius 3 is 2.73 bits per heavy atom. The van der Waals surface area contributed by atoms with Crippen LogP contribution in [0.15, 0.2) is 47.8 Å². The van der Waals surface area contributed by atoms with Crippen LogP contribution in [0, 0.1) is 0 Å². The number of thiophene rings is 1. The summed E-state index contributed by atoms with van der Waals surface area (Å²) in [7, 11) is 0. The molecule has 0 fully saturated rings. The topological polar surface area (TPSA) is 66.0 Å². The van der Waals surface area contributed by atoms with Crippen molar-refractivity contribution in [3.63, 3.8) is 0 Å². The molecule has 5 nitrogen and oxygen atoms in total. The number of rotatable bonds is 7. The summed E-state index contributed by atoms with van der Waals surface area (Å²) < 4.78 is 7.63. The quantitative estimate of drug-likeness (QED) is 0.681. The van der Waals surface area contributed by atoms with Crippen LogP contribution in [0.4, 0.5) is 0 Å². The summed E-state index contributed by atoms with van der Waals surface area (Å²) in [6.45, 7) is 1.80. The molecule has 3 aromatic rings. The van der Waals surface area contributed by atoms with E-state index in [0.717, 1.165) is 35.0 Å². The van der Waals surface area contributed by atoms with E-state index in [1.54, 1.807) is 11.3 Å². The third-order valence-electron chi connectivity index (χ3n) is 3.28. The molecule has 0 saturated heterocycles. The van der Waals surface area contributed by atoms with Gasteiger partial charge in [-0.2, -0.15) is 0 Å². The van der Waals surface area contributed by atoms with Gasteiger partial charge in [-0.3, -0.25) is 0 Å². The molecule has 2 N–H and O–H groups in total. The van der Waals surface area contributed by atoms with Crippen LogP contribution in [0.1, 0.15) is 12.1 Å². The van der Waals surface area contributed by atoms with Crippen molar-refractivity contribution in [2.75, 3.05) is 6.61 Å². The fourth-order valence-corrected chi connectivity index (χ4v) is 3.04. The molecule has 22 heavy (non-hydrogen) atoms. The first-order valence-corrected chi connectivity index (χ1v) is 8.10. The lowest BCUT2D eigenvalue weighted by molar-refractivity contribution is 0.298. The average molecular weight is 314 g/mol. The molecule has 0 aliphatic rings. The SMILES string of the molecule is NCc1nnn(CCCOc2ccccc2)c1-c1cccs1. The Labute approximate surface area is 133 Å². The van der Waals surface area contributed by atoms with Gasteiger partial charge in [-0.1, -0.05) is 29.5 Å². The lowest BCUT2D eigenvalue weighted by atomic mass is 10.2. The van der Waals surface area contributed by atoms with Crippen molar-refractivity contribution >= 4 is 11.3 Å². The molecular formula is C16H18N4OS. The van der Waals surface area contributed by atoms with Gasteiger partial charge in [-0.05, 0) is 23.6 Å². The second-order valence-corrected chi connectivity index (χ2v) is 5.75. The number of ether oxygens (including phenoxy) is 1. The predicted octanol–water partition coefficient (Wildman–Crippen LogP) is 2.93. The number of hydrogen-bond donors (Lipinski definition) is 1. The van der Waals surface area contributed by atoms with E-state index < -0.39 is 0 Å². The van der Waals surface area contributed by atoms with Crippen LogP contribution in [0.2, 0.25) is 0 Å². The van der Waals surface area contributed by atoms with Gasteiger partial charge in [0.2, 0.25) is 0 Å². The molecule has 1 aromatic carbocycles. The van der Waals surface area contributed by atoms with Crippen LogP contribution in [0.5, 0.6) is 5.75 Å². The fraction of sp³-hybridized carbons (Fsp3) is 0.250. The maximum Gasteiger partial charge on any atom is 0.119 e. The predicted molar refractivity (Wildman–Crippen MR) is 87.8 cm³/mol. The molecule has 0 unspecified atom stereocenters. The number of para-hydroxylation sites is 1. The molecule has 0 radical (unpaired) electrons. The molecule has 2 aromatic heterocycles. The summed E-state index contributed by atoms with van der Waals surface area (Å²) in [5, 5.41) is 10.5. The molecule has 0 spiro atoms. The van der Waals surface area contributed by atoms with E-state index >= 15 is 0 Å². The van der Waals surface area contributed by atoms with Crippen LogP contribution in [-0.4, -0.2) is 21.6 Å². The summed E-state index contributed by atoms with van der Waals surface area (Å²) in [6.07, 6.45) is 0.862. The molecule has 0 amide bonds. The second-order valence-electron chi connectivity index (χ2n) is 4.80. The Bertz CT molecular complexity index is 694. The Morgan fingerprint density at radius 1 is 1.14 bits per heavy atom. The normalized spacial score (nSPS) is 10.8. The van der Waals surface area contributed by atoms with Crippen LogP contribution in [0.25, 0.3) is 10.6 Å². The van der Waals surface area contributed by atoms with Crippen LogP contribution in [0.3, 0.4) is 0 Å². The molecule has 0 bridgehead atoms. The molecule has 0 atom stereocenters. The van der Waals surface area contributed by atoms with Gasteiger partial charge in [0.1, 0.15) is 17.1 Å². The maximum absolute atomic E-state index is 5.77. The van der Waals surface area contributed by atoms with Crippen molar-refractivity contribution in [1.82, 2.24) is 15.0 Å². The number of aromatic nitrogens is 3. The smallest absolute Gasteiger partial charge is 0.119 e. The monoisotopic (exact) mass is 314 g/mol. The van der Waals surface area contributed by atoms with Gasteiger partial charge in [0, 0.05) is 19.5 Å². The minimum atomic E-state index is 0.397. The summed E-state index contributed by atoms with van der Waals surface area (Å²) in [5.41, 5.74) is 7.63. The first-order chi connectivity index (χ1) is 10.9. The van der Waals surface area contributed by atoms with Gasteiger partial charge < -0.3 is 10.5 Å². The molecule has 0 aliphatic heterocycles. The summed E-state index contributed by atoms with van der Waals surface area (Å²) in [4.78, 5) is 1.15. The standard InChI is InChI=1S/C16H18N4OS/c17-12-14-16(15-8-4-11-22-15)20(19-18-14)9-5-10-21-13-6-2-1-3-7-13/h1-4,6-8,11H,5,9-10,12,17H2. The maximum atomic E-state index is 5.77. The zero-order chi connectivity index (χ0) is 15.2. The van der Waals surface area contributed by atoms with Crippen molar-refractivity contribution in [3.05, 3.63) is 53.5 Å². The molecule has 2 heterocycles. The lowest BCUT2D eigenvalue weighted by Crippen LogP contribution is -2.07. The molecule has 0 saturated carbocycles. The Kier molecular flexibility index (Phi) is 4.82. The van der Waals surface area contributed by atoms with Gasteiger partial charge in [-0.15, -0.1) is 16.4 Å². The van der Waals surface area contributed by atoms with Crippen molar-refractivity contribution in [3.8, 4) is 16.3 Å². The average Bonchev–Trinajstić information content (AvgIpc) is 3.21. The van der Waals surface area contributed by atoms with Crippen LogP contribution >= 0.6 is 11.3 Å². The van der Waals surface area contributed by atoms with E-state index in [1.165, 1.54) is 0 Å². The highest BCUT2D eigenvalue weighted by Crippen LogP contribution is 2.26. The van der Waals surface area contributed by atoms with Crippen molar-refractivity contribution < 1.29 is 4.74 Å². The second kappa shape index (κ2) is 7.20. The van der Waals surface area contributed by atoms with E-state index in [9.17, 15) is 0 Å². The van der Waals surface area contributed by atoms with E-state index in [-0.39, 0.29) is 0 Å². The minimum absolute atomic E-state index is 0.397. The van der Waals surface area contributed by atoms with E-state index in [4.69, 9.17) is 10.5 Å². The lowest BCUT2D eigenvalue weighted by Gasteiger charge is -2.08. The summed E-state index contributed by atoms with van der Waals surface area (Å²) in [5.74, 6) is 0.891. The van der Waals surface area contributed by atoms with Crippen molar-refractivity contribution in [2.24, 2.45) is 5.73 Å². The van der Waals surface area contributed by atoms with Gasteiger partial charge in [-0.25, -0.2) is 4.68 Å². The number of hydrogen-bond acceptors (Lipinski definition) is 5. The largest absolute Gasteiger partial charge is 0.494 e. The Morgan fingerprint density at radius 2 is 2.00 bits per heavy atom. The Hall–Kier alpha value is -2.18. The zero-order valence-corrected chi connectivity index (χ0v) is 13.0. The highest BCUT2D eigenvalue weighted by Gasteiger charge is 2.14. The van der Waals surface area contributed by atoms with Crippen molar-refractivity contribution in [1.29, 1.82) is 0 Å². The van der Waals surface area contributed by atoms with Crippen LogP contribution in [-0.2, 0) is 13.1 Å². The van der Waals surface area contributed by atoms with Gasteiger partial charge in [0.25, 0.3) is 0 Å².